The standard InChI is InChI=1S/C19H23NO/c1-13-5-4-6-14(2)17(13)12-19(21)16-7-8-18-15(11-16)9-10-20(18)3/h4-8,11,19,21H,9-10,12H2,1-3H3. The average Bonchev–Trinajstić information content (AvgIpc) is 2.84. The van der Waals surface area contributed by atoms with Gasteiger partial charge in [0.25, 0.3) is 0 Å². The highest BCUT2D eigenvalue weighted by molar-refractivity contribution is 5.58. The molecule has 0 saturated heterocycles. The molecule has 0 spiro atoms. The summed E-state index contributed by atoms with van der Waals surface area (Å²) in [6, 6.07) is 12.7. The predicted octanol–water partition coefficient (Wildman–Crippen LogP) is 3.57. The molecule has 2 aromatic rings. The van der Waals surface area contributed by atoms with Gasteiger partial charge in [0, 0.05) is 25.7 Å². The van der Waals surface area contributed by atoms with Gasteiger partial charge in [-0.1, -0.05) is 30.3 Å². The Bertz CT molecular complexity index is 642. The van der Waals surface area contributed by atoms with Crippen LogP contribution in [0.3, 0.4) is 0 Å². The number of aliphatic hydroxyl groups is 1. The van der Waals surface area contributed by atoms with Gasteiger partial charge in [-0.15, -0.1) is 0 Å². The summed E-state index contributed by atoms with van der Waals surface area (Å²) in [4.78, 5) is 2.27. The molecular formula is C19H23NO. The summed E-state index contributed by atoms with van der Waals surface area (Å²) >= 11 is 0. The fraction of sp³-hybridized carbons (Fsp3) is 0.368. The fourth-order valence-corrected chi connectivity index (χ4v) is 3.28. The lowest BCUT2D eigenvalue weighted by Gasteiger charge is -2.17. The third kappa shape index (κ3) is 2.68. The second kappa shape index (κ2) is 5.53. The summed E-state index contributed by atoms with van der Waals surface area (Å²) in [6.07, 6.45) is 1.34. The van der Waals surface area contributed by atoms with Crippen molar-refractivity contribution >= 4 is 5.69 Å². The van der Waals surface area contributed by atoms with Crippen molar-refractivity contribution in [3.63, 3.8) is 0 Å². The number of fused-ring (bicyclic) bond motifs is 1. The molecule has 1 aliphatic rings. The molecule has 1 N–H and O–H groups in total. The van der Waals surface area contributed by atoms with E-state index >= 15 is 0 Å². The Labute approximate surface area is 127 Å². The minimum Gasteiger partial charge on any atom is -0.388 e. The molecule has 0 radical (unpaired) electrons. The third-order valence-electron chi connectivity index (χ3n) is 4.66. The molecule has 1 heterocycles. The minimum absolute atomic E-state index is 0.430. The SMILES string of the molecule is Cc1cccc(C)c1CC(O)c1ccc2c(c1)CCN2C. The number of aryl methyl sites for hydroxylation is 2. The van der Waals surface area contributed by atoms with Crippen LogP contribution in [0.25, 0.3) is 0 Å². The molecule has 0 saturated carbocycles. The molecule has 21 heavy (non-hydrogen) atoms. The van der Waals surface area contributed by atoms with Gasteiger partial charge >= 0.3 is 0 Å². The Balaban J connectivity index is 1.85. The zero-order valence-electron chi connectivity index (χ0n) is 13.1. The average molecular weight is 281 g/mol. The van der Waals surface area contributed by atoms with E-state index in [1.165, 1.54) is 27.9 Å². The Morgan fingerprint density at radius 1 is 1.14 bits per heavy atom. The van der Waals surface area contributed by atoms with E-state index in [9.17, 15) is 5.11 Å². The first-order chi connectivity index (χ1) is 10.1. The smallest absolute Gasteiger partial charge is 0.0830 e. The van der Waals surface area contributed by atoms with Gasteiger partial charge in [-0.3, -0.25) is 0 Å². The lowest BCUT2D eigenvalue weighted by molar-refractivity contribution is 0.178. The van der Waals surface area contributed by atoms with E-state index in [2.05, 4.69) is 62.2 Å². The van der Waals surface area contributed by atoms with Crippen LogP contribution in [-0.4, -0.2) is 18.7 Å². The predicted molar refractivity (Wildman–Crippen MR) is 88.0 cm³/mol. The maximum absolute atomic E-state index is 10.6. The van der Waals surface area contributed by atoms with Crippen molar-refractivity contribution in [2.45, 2.75) is 32.8 Å². The van der Waals surface area contributed by atoms with Gasteiger partial charge in [0.2, 0.25) is 0 Å². The highest BCUT2D eigenvalue weighted by atomic mass is 16.3. The number of benzene rings is 2. The van der Waals surface area contributed by atoms with E-state index in [1.54, 1.807) is 0 Å². The largest absolute Gasteiger partial charge is 0.388 e. The van der Waals surface area contributed by atoms with Crippen molar-refractivity contribution in [2.24, 2.45) is 0 Å². The first-order valence-electron chi connectivity index (χ1n) is 7.63. The number of hydrogen-bond donors (Lipinski definition) is 1. The molecule has 3 rings (SSSR count). The monoisotopic (exact) mass is 281 g/mol. The van der Waals surface area contributed by atoms with Crippen LogP contribution in [0.2, 0.25) is 0 Å². The molecule has 0 bridgehead atoms. The summed E-state index contributed by atoms with van der Waals surface area (Å²) in [5.74, 6) is 0. The third-order valence-corrected chi connectivity index (χ3v) is 4.66. The number of likely N-dealkylation sites (N-methyl/N-ethyl adjacent to an activating group) is 1. The van der Waals surface area contributed by atoms with Crippen molar-refractivity contribution in [2.75, 3.05) is 18.5 Å². The van der Waals surface area contributed by atoms with Gasteiger partial charge in [-0.25, -0.2) is 0 Å². The van der Waals surface area contributed by atoms with Crippen molar-refractivity contribution in [3.05, 3.63) is 64.2 Å². The van der Waals surface area contributed by atoms with E-state index in [0.29, 0.717) is 6.42 Å². The first-order valence-corrected chi connectivity index (χ1v) is 7.63. The zero-order chi connectivity index (χ0) is 15.0. The van der Waals surface area contributed by atoms with Crippen molar-refractivity contribution in [1.82, 2.24) is 0 Å². The summed E-state index contributed by atoms with van der Waals surface area (Å²) in [5, 5.41) is 10.6. The van der Waals surface area contributed by atoms with Crippen LogP contribution in [0.1, 0.15) is 33.9 Å². The number of nitrogens with zero attached hydrogens (tertiary/aromatic N) is 1. The lowest BCUT2D eigenvalue weighted by atomic mass is 9.93. The topological polar surface area (TPSA) is 23.5 Å². The fourth-order valence-electron chi connectivity index (χ4n) is 3.28. The maximum atomic E-state index is 10.6. The van der Waals surface area contributed by atoms with Crippen LogP contribution >= 0.6 is 0 Å². The molecule has 0 aromatic heterocycles. The van der Waals surface area contributed by atoms with Crippen LogP contribution in [0.15, 0.2) is 36.4 Å². The molecular weight excluding hydrogens is 258 g/mol. The molecule has 1 atom stereocenters. The van der Waals surface area contributed by atoms with Crippen LogP contribution in [-0.2, 0) is 12.8 Å². The van der Waals surface area contributed by atoms with E-state index < -0.39 is 6.10 Å². The van der Waals surface area contributed by atoms with Crippen LogP contribution < -0.4 is 4.90 Å². The van der Waals surface area contributed by atoms with Gasteiger partial charge in [0.05, 0.1) is 6.10 Å². The van der Waals surface area contributed by atoms with Gasteiger partial charge in [-0.05, 0) is 54.2 Å². The Morgan fingerprint density at radius 3 is 2.57 bits per heavy atom. The molecule has 110 valence electrons. The number of rotatable bonds is 3. The van der Waals surface area contributed by atoms with Crippen molar-refractivity contribution in [1.29, 1.82) is 0 Å². The normalized spacial score (nSPS) is 15.1. The molecule has 0 aliphatic carbocycles. The molecule has 0 fully saturated rings. The summed E-state index contributed by atoms with van der Waals surface area (Å²) < 4.78 is 0. The highest BCUT2D eigenvalue weighted by Crippen LogP contribution is 2.31. The summed E-state index contributed by atoms with van der Waals surface area (Å²) in [7, 11) is 2.12. The van der Waals surface area contributed by atoms with Gasteiger partial charge < -0.3 is 10.0 Å². The van der Waals surface area contributed by atoms with Crippen molar-refractivity contribution in [3.8, 4) is 0 Å². The van der Waals surface area contributed by atoms with Gasteiger partial charge in [0.15, 0.2) is 0 Å². The zero-order valence-corrected chi connectivity index (χ0v) is 13.1. The first kappa shape index (κ1) is 14.2. The molecule has 1 aliphatic heterocycles. The number of aliphatic hydroxyl groups excluding tert-OH is 1. The van der Waals surface area contributed by atoms with Crippen LogP contribution in [0, 0.1) is 13.8 Å². The molecule has 1 unspecified atom stereocenters. The van der Waals surface area contributed by atoms with Crippen LogP contribution in [0.4, 0.5) is 5.69 Å². The highest BCUT2D eigenvalue weighted by Gasteiger charge is 2.18. The Morgan fingerprint density at radius 2 is 1.86 bits per heavy atom. The summed E-state index contributed by atoms with van der Waals surface area (Å²) in [6.45, 7) is 5.31. The quantitative estimate of drug-likeness (QED) is 0.929. The maximum Gasteiger partial charge on any atom is 0.0830 e. The molecule has 0 amide bonds. The van der Waals surface area contributed by atoms with Gasteiger partial charge in [-0.2, -0.15) is 0 Å². The second-order valence-electron chi connectivity index (χ2n) is 6.15. The van der Waals surface area contributed by atoms with Crippen molar-refractivity contribution < 1.29 is 5.11 Å². The minimum atomic E-state index is -0.430. The number of hydrogen-bond acceptors (Lipinski definition) is 2. The van der Waals surface area contributed by atoms with Crippen LogP contribution in [0.5, 0.6) is 0 Å². The molecule has 2 aromatic carbocycles. The Kier molecular flexibility index (Phi) is 3.73. The van der Waals surface area contributed by atoms with E-state index in [1.807, 2.05) is 0 Å². The molecule has 2 heteroatoms. The van der Waals surface area contributed by atoms with E-state index in [-0.39, 0.29) is 0 Å². The summed E-state index contributed by atoms with van der Waals surface area (Å²) in [5.41, 5.74) is 7.48. The molecule has 2 nitrogen and oxygen atoms in total. The lowest BCUT2D eigenvalue weighted by Crippen LogP contribution is -2.12. The van der Waals surface area contributed by atoms with E-state index in [0.717, 1.165) is 18.5 Å². The second-order valence-corrected chi connectivity index (χ2v) is 6.15. The Hall–Kier alpha value is -1.80. The van der Waals surface area contributed by atoms with E-state index in [4.69, 9.17) is 0 Å². The number of anilines is 1. The van der Waals surface area contributed by atoms with Gasteiger partial charge in [0.1, 0.15) is 0 Å².